The minimum atomic E-state index is 0.164. The van der Waals surface area contributed by atoms with Gasteiger partial charge in [0.15, 0.2) is 0 Å². The maximum Gasteiger partial charge on any atom is 0.222 e. The lowest BCUT2D eigenvalue weighted by Gasteiger charge is -2.22. The van der Waals surface area contributed by atoms with E-state index in [9.17, 15) is 0 Å². The average Bonchev–Trinajstić information content (AvgIpc) is 3.12. The Morgan fingerprint density at radius 1 is 0.933 bits per heavy atom. The molecule has 0 radical (unpaired) electrons. The van der Waals surface area contributed by atoms with Gasteiger partial charge in [-0.15, -0.1) is 0 Å². The highest BCUT2D eigenvalue weighted by atomic mass is 32.2. The number of nitrogens with zero attached hydrogens (tertiary/aromatic N) is 3. The summed E-state index contributed by atoms with van der Waals surface area (Å²) in [7, 11) is 2.02. The molecule has 1 aliphatic heterocycles. The number of nitrogens with two attached hydrogens (primary N) is 2. The van der Waals surface area contributed by atoms with Crippen LogP contribution in [0, 0.1) is 0 Å². The fourth-order valence-corrected chi connectivity index (χ4v) is 5.12. The number of rotatable bonds is 1. The topological polar surface area (TPSA) is 92.0 Å². The summed E-state index contributed by atoms with van der Waals surface area (Å²) in [6, 6.07) is 18.4. The molecule has 146 valence electrons. The Balaban J connectivity index is 1.68. The predicted molar refractivity (Wildman–Crippen MR) is 121 cm³/mol. The minimum absolute atomic E-state index is 0.164. The molecule has 0 atom stereocenters. The van der Waals surface area contributed by atoms with Crippen LogP contribution in [0.2, 0.25) is 0 Å². The summed E-state index contributed by atoms with van der Waals surface area (Å²) in [5.74, 6) is 2.26. The number of fused-ring (bicyclic) bond motifs is 5. The van der Waals surface area contributed by atoms with Gasteiger partial charge >= 0.3 is 0 Å². The average molecular weight is 411 g/mol. The number of hydrogen-bond acceptors (Lipinski definition) is 6. The SMILES string of the molecule is Cn1ccc2c3c(N)nc(N)nc3cc(-c3cccc4c3Oc3ccccc3S4)c21. The van der Waals surface area contributed by atoms with E-state index in [-0.39, 0.29) is 5.95 Å². The molecule has 0 bridgehead atoms. The molecule has 6 nitrogen and oxygen atoms in total. The molecule has 0 saturated heterocycles. The van der Waals surface area contributed by atoms with Crippen LogP contribution in [-0.4, -0.2) is 14.5 Å². The molecule has 3 aromatic carbocycles. The van der Waals surface area contributed by atoms with Crippen LogP contribution in [0.3, 0.4) is 0 Å². The molecule has 0 spiro atoms. The van der Waals surface area contributed by atoms with E-state index in [4.69, 9.17) is 16.2 Å². The van der Waals surface area contributed by atoms with Crippen molar-refractivity contribution in [1.29, 1.82) is 0 Å². The molecule has 3 heterocycles. The number of para-hydroxylation sites is 2. The second kappa shape index (κ2) is 6.14. The molecule has 30 heavy (non-hydrogen) atoms. The normalized spacial score (nSPS) is 12.6. The molecule has 1 aliphatic rings. The van der Waals surface area contributed by atoms with Crippen molar-refractivity contribution in [3.63, 3.8) is 0 Å². The van der Waals surface area contributed by atoms with E-state index in [1.807, 2.05) is 43.6 Å². The van der Waals surface area contributed by atoms with Gasteiger partial charge < -0.3 is 20.8 Å². The molecule has 5 aromatic rings. The number of benzene rings is 3. The van der Waals surface area contributed by atoms with Crippen molar-refractivity contribution in [3.05, 3.63) is 60.8 Å². The van der Waals surface area contributed by atoms with Crippen LogP contribution in [0.5, 0.6) is 11.5 Å². The fraction of sp³-hybridized carbons (Fsp3) is 0.0435. The highest BCUT2D eigenvalue weighted by Crippen LogP contribution is 2.51. The van der Waals surface area contributed by atoms with Crippen molar-refractivity contribution >= 4 is 45.3 Å². The van der Waals surface area contributed by atoms with Crippen molar-refractivity contribution in [2.45, 2.75) is 9.79 Å². The third-order valence-corrected chi connectivity index (χ3v) is 6.51. The van der Waals surface area contributed by atoms with Crippen LogP contribution in [0.25, 0.3) is 32.9 Å². The first kappa shape index (κ1) is 17.2. The van der Waals surface area contributed by atoms with E-state index in [0.29, 0.717) is 5.82 Å². The number of anilines is 2. The van der Waals surface area contributed by atoms with Crippen molar-refractivity contribution in [2.24, 2.45) is 7.05 Å². The Morgan fingerprint density at radius 3 is 2.67 bits per heavy atom. The number of aryl methyl sites for hydroxylation is 1. The van der Waals surface area contributed by atoms with Crippen molar-refractivity contribution in [3.8, 4) is 22.6 Å². The summed E-state index contributed by atoms with van der Waals surface area (Å²) in [5, 5.41) is 1.80. The van der Waals surface area contributed by atoms with Gasteiger partial charge in [0.2, 0.25) is 5.95 Å². The van der Waals surface area contributed by atoms with Crippen LogP contribution in [0.1, 0.15) is 0 Å². The molecule has 0 aliphatic carbocycles. The molecule has 0 amide bonds. The minimum Gasteiger partial charge on any atom is -0.454 e. The maximum absolute atomic E-state index is 6.38. The van der Waals surface area contributed by atoms with Gasteiger partial charge in [-0.3, -0.25) is 0 Å². The largest absolute Gasteiger partial charge is 0.454 e. The third-order valence-electron chi connectivity index (χ3n) is 5.41. The second-order valence-electron chi connectivity index (χ2n) is 7.26. The van der Waals surface area contributed by atoms with E-state index >= 15 is 0 Å². The van der Waals surface area contributed by atoms with Gasteiger partial charge in [-0.2, -0.15) is 4.98 Å². The lowest BCUT2D eigenvalue weighted by Crippen LogP contribution is -2.02. The second-order valence-corrected chi connectivity index (χ2v) is 8.34. The van der Waals surface area contributed by atoms with Gasteiger partial charge in [0.05, 0.1) is 26.2 Å². The predicted octanol–water partition coefficient (Wildman–Crippen LogP) is 5.21. The lowest BCUT2D eigenvalue weighted by molar-refractivity contribution is 0.456. The maximum atomic E-state index is 6.38. The Bertz CT molecular complexity index is 1490. The van der Waals surface area contributed by atoms with Gasteiger partial charge in [0.25, 0.3) is 0 Å². The van der Waals surface area contributed by atoms with E-state index in [0.717, 1.165) is 54.2 Å². The summed E-state index contributed by atoms with van der Waals surface area (Å²) in [6.07, 6.45) is 2.02. The zero-order valence-electron chi connectivity index (χ0n) is 16.1. The lowest BCUT2D eigenvalue weighted by atomic mass is 9.99. The summed E-state index contributed by atoms with van der Waals surface area (Å²) >= 11 is 1.71. The van der Waals surface area contributed by atoms with E-state index < -0.39 is 0 Å². The monoisotopic (exact) mass is 411 g/mol. The summed E-state index contributed by atoms with van der Waals surface area (Å²) < 4.78 is 8.46. The number of nitrogen functional groups attached to an aromatic ring is 2. The molecular formula is C23H17N5OS. The first-order valence-corrected chi connectivity index (χ1v) is 10.3. The van der Waals surface area contributed by atoms with Crippen LogP contribution < -0.4 is 16.2 Å². The zero-order valence-corrected chi connectivity index (χ0v) is 16.9. The Labute approximate surface area is 176 Å². The van der Waals surface area contributed by atoms with Gasteiger partial charge in [-0.25, -0.2) is 4.98 Å². The highest BCUT2D eigenvalue weighted by Gasteiger charge is 2.24. The number of hydrogen-bond donors (Lipinski definition) is 2. The first-order valence-electron chi connectivity index (χ1n) is 9.49. The quantitative estimate of drug-likeness (QED) is 0.386. The number of ether oxygens (including phenoxy) is 1. The van der Waals surface area contributed by atoms with E-state index in [1.165, 1.54) is 0 Å². The molecule has 0 fully saturated rings. The van der Waals surface area contributed by atoms with Gasteiger partial charge in [0.1, 0.15) is 17.3 Å². The van der Waals surface area contributed by atoms with Crippen LogP contribution >= 0.6 is 11.8 Å². The van der Waals surface area contributed by atoms with Crippen molar-refractivity contribution in [2.75, 3.05) is 11.5 Å². The number of aromatic nitrogens is 3. The Hall–Kier alpha value is -3.71. The smallest absolute Gasteiger partial charge is 0.222 e. The highest BCUT2D eigenvalue weighted by molar-refractivity contribution is 7.99. The molecule has 4 N–H and O–H groups in total. The van der Waals surface area contributed by atoms with E-state index in [1.54, 1.807) is 11.8 Å². The fourth-order valence-electron chi connectivity index (χ4n) is 4.13. The molecule has 0 unspecified atom stereocenters. The summed E-state index contributed by atoms with van der Waals surface area (Å²) in [4.78, 5) is 10.8. The standard InChI is InChI=1S/C23H17N5OS/c1-28-10-9-13-19-15(26-23(25)27-22(19)24)11-14(20(13)28)12-5-4-8-18-21(12)29-16-6-2-3-7-17(16)30-18/h2-11H,1H3,(H4,24,25,26,27). The van der Waals surface area contributed by atoms with E-state index in [2.05, 4.69) is 38.8 Å². The van der Waals surface area contributed by atoms with Gasteiger partial charge in [-0.1, -0.05) is 36.0 Å². The van der Waals surface area contributed by atoms with Crippen LogP contribution in [0.15, 0.2) is 70.6 Å². The van der Waals surface area contributed by atoms with Crippen molar-refractivity contribution < 1.29 is 4.74 Å². The zero-order chi connectivity index (χ0) is 20.4. The molecule has 6 rings (SSSR count). The summed E-state index contributed by atoms with van der Waals surface area (Å²) in [5.41, 5.74) is 15.9. The molecule has 2 aromatic heterocycles. The Morgan fingerprint density at radius 2 is 1.77 bits per heavy atom. The molecule has 7 heteroatoms. The Kier molecular flexibility index (Phi) is 3.52. The first-order chi connectivity index (χ1) is 14.6. The van der Waals surface area contributed by atoms with Crippen LogP contribution in [0.4, 0.5) is 11.8 Å². The molecular weight excluding hydrogens is 394 g/mol. The van der Waals surface area contributed by atoms with Gasteiger partial charge in [0, 0.05) is 29.8 Å². The summed E-state index contributed by atoms with van der Waals surface area (Å²) in [6.45, 7) is 0. The van der Waals surface area contributed by atoms with Crippen molar-refractivity contribution in [1.82, 2.24) is 14.5 Å². The molecule has 0 saturated carbocycles. The third kappa shape index (κ3) is 2.39. The van der Waals surface area contributed by atoms with Gasteiger partial charge in [-0.05, 0) is 30.3 Å². The van der Waals surface area contributed by atoms with Crippen LogP contribution in [-0.2, 0) is 7.05 Å².